The van der Waals surface area contributed by atoms with Crippen LogP contribution in [-0.2, 0) is 4.79 Å². The number of carboxylic acid groups (broad SMARTS) is 1. The zero-order valence-corrected chi connectivity index (χ0v) is 10.6. The molecule has 0 unspecified atom stereocenters. The molecular weight excluding hydrogens is 208 g/mol. The predicted octanol–water partition coefficient (Wildman–Crippen LogP) is 3.55. The number of rotatable bonds is 6. The lowest BCUT2D eigenvalue weighted by Gasteiger charge is -2.18. The SMILES string of the molecule is CC(C)(CCCSC1CCCC1)C(=O)O. The van der Waals surface area contributed by atoms with Gasteiger partial charge in [0.25, 0.3) is 0 Å². The molecule has 0 aromatic heterocycles. The van der Waals surface area contributed by atoms with Crippen LogP contribution in [0.3, 0.4) is 0 Å². The summed E-state index contributed by atoms with van der Waals surface area (Å²) in [6.07, 6.45) is 7.33. The van der Waals surface area contributed by atoms with Gasteiger partial charge in [0, 0.05) is 5.25 Å². The van der Waals surface area contributed by atoms with Crippen molar-refractivity contribution in [2.24, 2.45) is 5.41 Å². The molecule has 0 radical (unpaired) electrons. The Bertz CT molecular complexity index is 208. The van der Waals surface area contributed by atoms with Gasteiger partial charge in [-0.05, 0) is 45.3 Å². The maximum absolute atomic E-state index is 10.9. The zero-order valence-electron chi connectivity index (χ0n) is 9.79. The summed E-state index contributed by atoms with van der Waals surface area (Å²) < 4.78 is 0. The Kier molecular flexibility index (Phi) is 4.97. The van der Waals surface area contributed by atoms with Gasteiger partial charge < -0.3 is 5.11 Å². The first kappa shape index (κ1) is 12.9. The van der Waals surface area contributed by atoms with E-state index in [0.717, 1.165) is 23.8 Å². The minimum absolute atomic E-state index is 0.545. The summed E-state index contributed by atoms with van der Waals surface area (Å²) in [7, 11) is 0. The summed E-state index contributed by atoms with van der Waals surface area (Å²) >= 11 is 2.04. The monoisotopic (exact) mass is 230 g/mol. The lowest BCUT2D eigenvalue weighted by molar-refractivity contribution is -0.147. The fourth-order valence-electron chi connectivity index (χ4n) is 1.93. The molecule has 1 rings (SSSR count). The lowest BCUT2D eigenvalue weighted by Crippen LogP contribution is -2.23. The van der Waals surface area contributed by atoms with Gasteiger partial charge in [-0.15, -0.1) is 0 Å². The fraction of sp³-hybridized carbons (Fsp3) is 0.917. The van der Waals surface area contributed by atoms with Crippen LogP contribution in [0.2, 0.25) is 0 Å². The minimum Gasteiger partial charge on any atom is -0.481 e. The molecule has 0 bridgehead atoms. The summed E-state index contributed by atoms with van der Waals surface area (Å²) in [4.78, 5) is 10.9. The summed E-state index contributed by atoms with van der Waals surface area (Å²) in [5.74, 6) is 0.454. The lowest BCUT2D eigenvalue weighted by atomic mass is 9.88. The molecule has 1 saturated carbocycles. The Hall–Kier alpha value is -0.180. The number of thioether (sulfide) groups is 1. The van der Waals surface area contributed by atoms with Crippen molar-refractivity contribution in [3.8, 4) is 0 Å². The van der Waals surface area contributed by atoms with E-state index < -0.39 is 11.4 Å². The normalized spacial score (nSPS) is 18.3. The standard InChI is InChI=1S/C12H22O2S/c1-12(2,11(13)14)8-5-9-15-10-6-3-4-7-10/h10H,3-9H2,1-2H3,(H,13,14). The third kappa shape index (κ3) is 4.45. The van der Waals surface area contributed by atoms with Gasteiger partial charge in [0.2, 0.25) is 0 Å². The van der Waals surface area contributed by atoms with Gasteiger partial charge in [0.1, 0.15) is 0 Å². The molecule has 1 aliphatic carbocycles. The highest BCUT2D eigenvalue weighted by molar-refractivity contribution is 7.99. The van der Waals surface area contributed by atoms with Crippen LogP contribution in [0.25, 0.3) is 0 Å². The first-order valence-electron chi connectivity index (χ1n) is 5.87. The van der Waals surface area contributed by atoms with E-state index in [1.54, 1.807) is 0 Å². The van der Waals surface area contributed by atoms with Crippen LogP contribution in [0.15, 0.2) is 0 Å². The number of aliphatic carboxylic acids is 1. The van der Waals surface area contributed by atoms with Crippen molar-refractivity contribution in [1.82, 2.24) is 0 Å². The molecule has 0 spiro atoms. The first-order valence-corrected chi connectivity index (χ1v) is 6.92. The molecular formula is C12H22O2S. The van der Waals surface area contributed by atoms with Gasteiger partial charge in [-0.3, -0.25) is 4.79 Å². The van der Waals surface area contributed by atoms with Gasteiger partial charge in [0.05, 0.1) is 5.41 Å². The van der Waals surface area contributed by atoms with Gasteiger partial charge in [-0.25, -0.2) is 0 Å². The van der Waals surface area contributed by atoms with E-state index in [9.17, 15) is 4.79 Å². The summed E-state index contributed by atoms with van der Waals surface area (Å²) in [6, 6.07) is 0. The van der Waals surface area contributed by atoms with E-state index >= 15 is 0 Å². The Morgan fingerprint density at radius 2 is 2.00 bits per heavy atom. The van der Waals surface area contributed by atoms with E-state index in [4.69, 9.17) is 5.11 Å². The Morgan fingerprint density at radius 1 is 1.40 bits per heavy atom. The zero-order chi connectivity index (χ0) is 11.3. The second-order valence-electron chi connectivity index (χ2n) is 5.07. The highest BCUT2D eigenvalue weighted by Crippen LogP contribution is 2.31. The Balaban J connectivity index is 2.08. The van der Waals surface area contributed by atoms with E-state index in [1.807, 2.05) is 25.6 Å². The van der Waals surface area contributed by atoms with Crippen molar-refractivity contribution in [2.45, 2.75) is 57.6 Å². The molecule has 0 atom stereocenters. The van der Waals surface area contributed by atoms with E-state index in [-0.39, 0.29) is 0 Å². The number of hydrogen-bond donors (Lipinski definition) is 1. The number of carbonyl (C=O) groups is 1. The van der Waals surface area contributed by atoms with Crippen LogP contribution in [0.4, 0.5) is 0 Å². The summed E-state index contributed by atoms with van der Waals surface area (Å²) in [5, 5.41) is 9.80. The summed E-state index contributed by atoms with van der Waals surface area (Å²) in [5.41, 5.74) is -0.545. The van der Waals surface area contributed by atoms with Crippen LogP contribution in [0, 0.1) is 5.41 Å². The largest absolute Gasteiger partial charge is 0.481 e. The average molecular weight is 230 g/mol. The highest BCUT2D eigenvalue weighted by Gasteiger charge is 2.26. The third-order valence-corrected chi connectivity index (χ3v) is 4.65. The molecule has 0 aliphatic heterocycles. The number of hydrogen-bond acceptors (Lipinski definition) is 2. The minimum atomic E-state index is -0.673. The topological polar surface area (TPSA) is 37.3 Å². The molecule has 0 aromatic rings. The van der Waals surface area contributed by atoms with E-state index in [1.165, 1.54) is 25.7 Å². The van der Waals surface area contributed by atoms with Crippen LogP contribution >= 0.6 is 11.8 Å². The molecule has 2 nitrogen and oxygen atoms in total. The molecule has 1 aliphatic rings. The van der Waals surface area contributed by atoms with Crippen LogP contribution in [0.1, 0.15) is 52.4 Å². The number of carboxylic acids is 1. The molecule has 1 N–H and O–H groups in total. The molecule has 0 amide bonds. The second-order valence-corrected chi connectivity index (χ2v) is 6.48. The second kappa shape index (κ2) is 5.78. The quantitative estimate of drug-likeness (QED) is 0.709. The van der Waals surface area contributed by atoms with Gasteiger partial charge in [-0.1, -0.05) is 12.8 Å². The summed E-state index contributed by atoms with van der Waals surface area (Å²) in [6.45, 7) is 3.63. The smallest absolute Gasteiger partial charge is 0.309 e. The molecule has 0 aromatic carbocycles. The van der Waals surface area contributed by atoms with Crippen molar-refractivity contribution in [3.05, 3.63) is 0 Å². The van der Waals surface area contributed by atoms with Crippen LogP contribution in [0.5, 0.6) is 0 Å². The fourth-order valence-corrected chi connectivity index (χ4v) is 3.24. The third-order valence-electron chi connectivity index (χ3n) is 3.18. The van der Waals surface area contributed by atoms with Crippen LogP contribution in [-0.4, -0.2) is 22.1 Å². The van der Waals surface area contributed by atoms with Gasteiger partial charge >= 0.3 is 5.97 Å². The van der Waals surface area contributed by atoms with Crippen molar-refractivity contribution in [3.63, 3.8) is 0 Å². The molecule has 88 valence electrons. The van der Waals surface area contributed by atoms with Gasteiger partial charge in [0.15, 0.2) is 0 Å². The molecule has 0 heterocycles. The predicted molar refractivity (Wildman–Crippen MR) is 65.4 cm³/mol. The van der Waals surface area contributed by atoms with Crippen LogP contribution < -0.4 is 0 Å². The highest BCUT2D eigenvalue weighted by atomic mass is 32.2. The van der Waals surface area contributed by atoms with Crippen molar-refractivity contribution < 1.29 is 9.90 Å². The first-order chi connectivity index (χ1) is 7.02. The molecule has 1 fully saturated rings. The maximum atomic E-state index is 10.9. The molecule has 15 heavy (non-hydrogen) atoms. The van der Waals surface area contributed by atoms with Gasteiger partial charge in [-0.2, -0.15) is 11.8 Å². The Labute approximate surface area is 96.8 Å². The molecule has 3 heteroatoms. The van der Waals surface area contributed by atoms with E-state index in [2.05, 4.69) is 0 Å². The van der Waals surface area contributed by atoms with Crippen molar-refractivity contribution in [1.29, 1.82) is 0 Å². The van der Waals surface area contributed by atoms with Crippen molar-refractivity contribution in [2.75, 3.05) is 5.75 Å². The Morgan fingerprint density at radius 3 is 2.53 bits per heavy atom. The van der Waals surface area contributed by atoms with Crippen molar-refractivity contribution >= 4 is 17.7 Å². The van der Waals surface area contributed by atoms with E-state index in [0.29, 0.717) is 0 Å². The maximum Gasteiger partial charge on any atom is 0.309 e. The average Bonchev–Trinajstić information content (AvgIpc) is 2.64. The molecule has 0 saturated heterocycles.